The number of hydrogen-bond donors (Lipinski definition) is 1. The Balaban J connectivity index is 1.87. The third-order valence-corrected chi connectivity index (χ3v) is 6.54. The van der Waals surface area contributed by atoms with Crippen LogP contribution in [0.25, 0.3) is 0 Å². The van der Waals surface area contributed by atoms with Crippen molar-refractivity contribution in [1.29, 1.82) is 0 Å². The quantitative estimate of drug-likeness (QED) is 0.696. The van der Waals surface area contributed by atoms with Gasteiger partial charge in [-0.25, -0.2) is 8.42 Å². The van der Waals surface area contributed by atoms with Crippen molar-refractivity contribution in [1.82, 2.24) is 14.8 Å². The van der Waals surface area contributed by atoms with Crippen LogP contribution in [0.15, 0.2) is 69.8 Å². The van der Waals surface area contributed by atoms with Crippen molar-refractivity contribution in [2.24, 2.45) is 7.05 Å². The molecule has 0 radical (unpaired) electrons. The average molecular weight is 403 g/mol. The summed E-state index contributed by atoms with van der Waals surface area (Å²) in [6.45, 7) is 6.28. The number of sulfonamides is 1. The highest BCUT2D eigenvalue weighted by atomic mass is 32.2. The molecule has 0 spiro atoms. The van der Waals surface area contributed by atoms with Crippen LogP contribution in [0.5, 0.6) is 0 Å². The third-order valence-electron chi connectivity index (χ3n) is 4.03. The summed E-state index contributed by atoms with van der Waals surface area (Å²) in [5.41, 5.74) is 1.56. The van der Waals surface area contributed by atoms with E-state index in [1.807, 2.05) is 31.3 Å². The molecule has 27 heavy (non-hydrogen) atoms. The van der Waals surface area contributed by atoms with E-state index in [0.29, 0.717) is 10.8 Å². The maximum Gasteiger partial charge on any atom is 0.261 e. The lowest BCUT2D eigenvalue weighted by atomic mass is 9.87. The highest BCUT2D eigenvalue weighted by molar-refractivity contribution is 7.99. The largest absolute Gasteiger partial charge is 0.311 e. The first-order valence-corrected chi connectivity index (χ1v) is 10.7. The van der Waals surface area contributed by atoms with E-state index in [1.165, 1.54) is 11.8 Å². The van der Waals surface area contributed by atoms with Gasteiger partial charge in [0.15, 0.2) is 5.16 Å². The van der Waals surface area contributed by atoms with Crippen LogP contribution in [0.2, 0.25) is 0 Å². The smallest absolute Gasteiger partial charge is 0.261 e. The topological polar surface area (TPSA) is 76.9 Å². The average Bonchev–Trinajstić information content (AvgIpc) is 3.01. The number of hydrogen-bond acceptors (Lipinski definition) is 5. The minimum atomic E-state index is -3.69. The Hall–Kier alpha value is -2.32. The molecule has 3 aromatic rings. The summed E-state index contributed by atoms with van der Waals surface area (Å²) >= 11 is 1.35. The minimum Gasteiger partial charge on any atom is -0.311 e. The molecule has 0 aliphatic heterocycles. The summed E-state index contributed by atoms with van der Waals surface area (Å²) in [5, 5.41) is 8.57. The van der Waals surface area contributed by atoms with E-state index in [2.05, 4.69) is 35.7 Å². The van der Waals surface area contributed by atoms with E-state index in [-0.39, 0.29) is 10.3 Å². The zero-order valence-corrected chi connectivity index (χ0v) is 17.3. The lowest BCUT2D eigenvalue weighted by Gasteiger charge is -2.19. The number of aromatic nitrogens is 3. The predicted octanol–water partition coefficient (Wildman–Crippen LogP) is 4.06. The van der Waals surface area contributed by atoms with Gasteiger partial charge in [0, 0.05) is 11.9 Å². The van der Waals surface area contributed by atoms with Gasteiger partial charge in [0.05, 0.1) is 10.6 Å². The van der Waals surface area contributed by atoms with E-state index in [1.54, 1.807) is 35.2 Å². The molecule has 1 aromatic heterocycles. The van der Waals surface area contributed by atoms with Gasteiger partial charge in [-0.05, 0) is 47.0 Å². The Morgan fingerprint density at radius 1 is 1.04 bits per heavy atom. The Kier molecular flexibility index (Phi) is 5.30. The number of anilines is 1. The Morgan fingerprint density at radius 3 is 2.30 bits per heavy atom. The van der Waals surface area contributed by atoms with E-state index in [4.69, 9.17) is 0 Å². The van der Waals surface area contributed by atoms with Crippen molar-refractivity contribution >= 4 is 27.5 Å². The lowest BCUT2D eigenvalue weighted by Crippen LogP contribution is -2.15. The lowest BCUT2D eigenvalue weighted by molar-refractivity contribution is 0.587. The first kappa shape index (κ1) is 19.4. The summed E-state index contributed by atoms with van der Waals surface area (Å²) in [5.74, 6) is 0. The van der Waals surface area contributed by atoms with Crippen molar-refractivity contribution in [2.45, 2.75) is 41.1 Å². The van der Waals surface area contributed by atoms with Gasteiger partial charge in [-0.2, -0.15) is 0 Å². The number of aryl methyl sites for hydroxylation is 1. The molecule has 1 heterocycles. The molecule has 1 N–H and O–H groups in total. The summed E-state index contributed by atoms with van der Waals surface area (Å²) in [6.07, 6.45) is 1.60. The van der Waals surface area contributed by atoms with Crippen molar-refractivity contribution in [3.63, 3.8) is 0 Å². The van der Waals surface area contributed by atoms with Crippen LogP contribution in [0.1, 0.15) is 26.3 Å². The molecule has 2 aromatic carbocycles. The Morgan fingerprint density at radius 2 is 1.70 bits per heavy atom. The van der Waals surface area contributed by atoms with E-state index >= 15 is 0 Å². The molecule has 3 rings (SSSR count). The first-order valence-electron chi connectivity index (χ1n) is 8.41. The maximum absolute atomic E-state index is 12.8. The molecule has 142 valence electrons. The number of nitrogens with one attached hydrogen (secondary N) is 1. The summed E-state index contributed by atoms with van der Waals surface area (Å²) < 4.78 is 30.1. The monoisotopic (exact) mass is 402 g/mol. The van der Waals surface area contributed by atoms with Gasteiger partial charge >= 0.3 is 0 Å². The Bertz CT molecular complexity index is 1040. The second kappa shape index (κ2) is 7.36. The van der Waals surface area contributed by atoms with E-state index in [9.17, 15) is 8.42 Å². The summed E-state index contributed by atoms with van der Waals surface area (Å²) in [6, 6.07) is 14.2. The SMILES string of the molecule is Cn1cnnc1Sc1ccccc1NS(=O)(=O)c1ccc(C(C)(C)C)cc1. The molecule has 0 atom stereocenters. The number of para-hydroxylation sites is 1. The van der Waals surface area contributed by atoms with Crippen LogP contribution in [0, 0.1) is 0 Å². The Labute approximate surface area is 164 Å². The molecule has 8 heteroatoms. The molecule has 0 unspecified atom stereocenters. The molecule has 0 aliphatic rings. The number of nitrogens with zero attached hydrogens (tertiary/aromatic N) is 3. The predicted molar refractivity (Wildman–Crippen MR) is 108 cm³/mol. The van der Waals surface area contributed by atoms with Crippen LogP contribution in [0.4, 0.5) is 5.69 Å². The van der Waals surface area contributed by atoms with Gasteiger partial charge in [-0.15, -0.1) is 10.2 Å². The molecule has 0 aliphatic carbocycles. The highest BCUT2D eigenvalue weighted by Gasteiger charge is 2.19. The fourth-order valence-corrected chi connectivity index (χ4v) is 4.44. The number of rotatable bonds is 5. The molecular weight excluding hydrogens is 380 g/mol. The molecule has 0 amide bonds. The van der Waals surface area contributed by atoms with Gasteiger partial charge in [0.1, 0.15) is 6.33 Å². The van der Waals surface area contributed by atoms with Gasteiger partial charge in [-0.3, -0.25) is 4.72 Å². The van der Waals surface area contributed by atoms with Gasteiger partial charge in [0.2, 0.25) is 0 Å². The van der Waals surface area contributed by atoms with Crippen LogP contribution in [-0.2, 0) is 22.5 Å². The van der Waals surface area contributed by atoms with Crippen molar-refractivity contribution in [3.8, 4) is 0 Å². The van der Waals surface area contributed by atoms with Crippen molar-refractivity contribution < 1.29 is 8.42 Å². The normalized spacial score (nSPS) is 12.1. The molecule has 0 fully saturated rings. The zero-order chi connectivity index (χ0) is 19.7. The highest BCUT2D eigenvalue weighted by Crippen LogP contribution is 2.33. The van der Waals surface area contributed by atoms with Gasteiger partial charge in [-0.1, -0.05) is 45.0 Å². The van der Waals surface area contributed by atoms with Gasteiger partial charge in [0.25, 0.3) is 10.0 Å². The van der Waals surface area contributed by atoms with E-state index in [0.717, 1.165) is 10.5 Å². The number of benzene rings is 2. The molecular formula is C19H22N4O2S2. The summed E-state index contributed by atoms with van der Waals surface area (Å²) in [4.78, 5) is 0.984. The fraction of sp³-hybridized carbons (Fsp3) is 0.263. The van der Waals surface area contributed by atoms with Crippen LogP contribution in [0.3, 0.4) is 0 Å². The maximum atomic E-state index is 12.8. The zero-order valence-electron chi connectivity index (χ0n) is 15.7. The first-order chi connectivity index (χ1) is 12.7. The van der Waals surface area contributed by atoms with Crippen molar-refractivity contribution in [2.75, 3.05) is 4.72 Å². The molecule has 0 saturated carbocycles. The van der Waals surface area contributed by atoms with Crippen LogP contribution >= 0.6 is 11.8 Å². The van der Waals surface area contributed by atoms with Crippen molar-refractivity contribution in [3.05, 3.63) is 60.4 Å². The molecule has 6 nitrogen and oxygen atoms in total. The second-order valence-corrected chi connectivity index (χ2v) is 9.89. The minimum absolute atomic E-state index is 0.0327. The van der Waals surface area contributed by atoms with E-state index < -0.39 is 10.0 Å². The molecule has 0 bridgehead atoms. The van der Waals surface area contributed by atoms with Gasteiger partial charge < -0.3 is 4.57 Å². The summed E-state index contributed by atoms with van der Waals surface area (Å²) in [7, 11) is -1.85. The van der Waals surface area contributed by atoms with Crippen LogP contribution in [-0.4, -0.2) is 23.2 Å². The fourth-order valence-electron chi connectivity index (χ4n) is 2.44. The second-order valence-electron chi connectivity index (χ2n) is 7.20. The van der Waals surface area contributed by atoms with Crippen LogP contribution < -0.4 is 4.72 Å². The molecule has 0 saturated heterocycles. The third kappa shape index (κ3) is 4.51. The standard InChI is InChI=1S/C19H22N4O2S2/c1-19(2,3)14-9-11-15(12-10-14)27(24,25)22-16-7-5-6-8-17(16)26-18-21-20-13-23(18)4/h5-13,22H,1-4H3.